The first-order valence-corrected chi connectivity index (χ1v) is 6.44. The topological polar surface area (TPSA) is 74.4 Å². The normalized spacial score (nSPS) is 10.3. The van der Waals surface area contributed by atoms with Crippen LogP contribution in [-0.2, 0) is 4.74 Å². The lowest BCUT2D eigenvalue weighted by Gasteiger charge is -2.05. The van der Waals surface area contributed by atoms with Gasteiger partial charge in [0, 0.05) is 0 Å². The quantitative estimate of drug-likeness (QED) is 0.882. The van der Waals surface area contributed by atoms with Crippen LogP contribution in [0.25, 0.3) is 10.4 Å². The van der Waals surface area contributed by atoms with Crippen LogP contribution >= 0.6 is 22.9 Å². The molecule has 2 aromatic rings. The van der Waals surface area contributed by atoms with Gasteiger partial charge >= 0.3 is 5.97 Å². The van der Waals surface area contributed by atoms with Crippen molar-refractivity contribution in [3.8, 4) is 16.2 Å². The fourth-order valence-corrected chi connectivity index (χ4v) is 2.65. The molecule has 0 radical (unpaired) electrons. The van der Waals surface area contributed by atoms with Gasteiger partial charge in [0.25, 0.3) is 0 Å². The summed E-state index contributed by atoms with van der Waals surface area (Å²) < 4.78 is 9.76. The molecule has 2 N–H and O–H groups in total. The average Bonchev–Trinajstić information content (AvgIpc) is 2.79. The fraction of sp³-hybridized carbons (Fsp3) is 0.167. The lowest BCUT2D eigenvalue weighted by Crippen LogP contribution is -2.03. The Morgan fingerprint density at radius 3 is 2.74 bits per heavy atom. The van der Waals surface area contributed by atoms with E-state index in [1.807, 2.05) is 0 Å². The molecule has 100 valence electrons. The standard InChI is InChI=1S/C12H11ClN2O3S/c1-17-8-4-3-6(5-7(8)13)10-9(11(16)18-2)15-12(14)19-10/h3-5H,1-2H3,(H2,14,15). The Kier molecular flexibility index (Phi) is 3.92. The van der Waals surface area contributed by atoms with E-state index in [9.17, 15) is 4.79 Å². The van der Waals surface area contributed by atoms with Crippen molar-refractivity contribution in [2.24, 2.45) is 0 Å². The maximum atomic E-state index is 11.6. The molecule has 0 saturated carbocycles. The number of carbonyl (C=O) groups excluding carboxylic acids is 1. The van der Waals surface area contributed by atoms with Crippen molar-refractivity contribution in [3.63, 3.8) is 0 Å². The van der Waals surface area contributed by atoms with E-state index in [0.717, 1.165) is 5.56 Å². The number of nitrogens with two attached hydrogens (primary N) is 1. The summed E-state index contributed by atoms with van der Waals surface area (Å²) in [6.07, 6.45) is 0. The van der Waals surface area contributed by atoms with Gasteiger partial charge in [0.2, 0.25) is 0 Å². The number of anilines is 1. The highest BCUT2D eigenvalue weighted by Gasteiger charge is 2.19. The van der Waals surface area contributed by atoms with Gasteiger partial charge < -0.3 is 15.2 Å². The summed E-state index contributed by atoms with van der Waals surface area (Å²) in [7, 11) is 2.83. The van der Waals surface area contributed by atoms with Gasteiger partial charge in [-0.2, -0.15) is 0 Å². The molecule has 0 aliphatic heterocycles. The van der Waals surface area contributed by atoms with E-state index in [1.165, 1.54) is 25.6 Å². The van der Waals surface area contributed by atoms with Gasteiger partial charge in [-0.15, -0.1) is 0 Å². The van der Waals surface area contributed by atoms with Crippen LogP contribution in [0.4, 0.5) is 5.13 Å². The van der Waals surface area contributed by atoms with Crippen molar-refractivity contribution in [1.82, 2.24) is 4.98 Å². The molecule has 0 unspecified atom stereocenters. The predicted octanol–water partition coefficient (Wildman–Crippen LogP) is 2.84. The van der Waals surface area contributed by atoms with Gasteiger partial charge in [-0.25, -0.2) is 9.78 Å². The van der Waals surface area contributed by atoms with Crippen molar-refractivity contribution in [1.29, 1.82) is 0 Å². The first kappa shape index (κ1) is 13.6. The summed E-state index contributed by atoms with van der Waals surface area (Å²) >= 11 is 7.26. The average molecular weight is 299 g/mol. The molecule has 0 bridgehead atoms. The molecule has 0 spiro atoms. The SMILES string of the molecule is COC(=O)c1nc(N)sc1-c1ccc(OC)c(Cl)c1. The number of carbonyl (C=O) groups is 1. The van der Waals surface area contributed by atoms with Crippen molar-refractivity contribution in [3.05, 3.63) is 28.9 Å². The van der Waals surface area contributed by atoms with Crippen LogP contribution in [0, 0.1) is 0 Å². The number of hydrogen-bond acceptors (Lipinski definition) is 6. The highest BCUT2D eigenvalue weighted by molar-refractivity contribution is 7.19. The van der Waals surface area contributed by atoms with E-state index in [2.05, 4.69) is 9.72 Å². The van der Waals surface area contributed by atoms with E-state index in [1.54, 1.807) is 18.2 Å². The molecular weight excluding hydrogens is 288 g/mol. The molecule has 1 aromatic carbocycles. The van der Waals surface area contributed by atoms with Crippen LogP contribution in [0.15, 0.2) is 18.2 Å². The number of nitrogen functional groups attached to an aromatic ring is 1. The highest BCUT2D eigenvalue weighted by Crippen LogP contribution is 2.36. The Morgan fingerprint density at radius 2 is 2.16 bits per heavy atom. The number of hydrogen-bond donors (Lipinski definition) is 1. The third-order valence-corrected chi connectivity index (χ3v) is 3.67. The van der Waals surface area contributed by atoms with Gasteiger partial charge in [-0.1, -0.05) is 22.9 Å². The van der Waals surface area contributed by atoms with Crippen molar-refractivity contribution in [2.45, 2.75) is 0 Å². The van der Waals surface area contributed by atoms with Crippen LogP contribution in [0.3, 0.4) is 0 Å². The van der Waals surface area contributed by atoms with Gasteiger partial charge in [-0.05, 0) is 23.8 Å². The van der Waals surface area contributed by atoms with Crippen LogP contribution < -0.4 is 10.5 Å². The number of aromatic nitrogens is 1. The summed E-state index contributed by atoms with van der Waals surface area (Å²) in [4.78, 5) is 16.2. The smallest absolute Gasteiger partial charge is 0.358 e. The third-order valence-electron chi connectivity index (χ3n) is 2.44. The van der Waals surface area contributed by atoms with Gasteiger partial charge in [0.1, 0.15) is 5.75 Å². The molecule has 0 amide bonds. The monoisotopic (exact) mass is 298 g/mol. The van der Waals surface area contributed by atoms with Gasteiger partial charge in [0.15, 0.2) is 10.8 Å². The minimum atomic E-state index is -0.533. The first-order valence-electron chi connectivity index (χ1n) is 5.25. The largest absolute Gasteiger partial charge is 0.495 e. The van der Waals surface area contributed by atoms with E-state index in [4.69, 9.17) is 22.1 Å². The van der Waals surface area contributed by atoms with Gasteiger partial charge in [0.05, 0.1) is 24.1 Å². The number of halogens is 1. The molecule has 0 aliphatic carbocycles. The van der Waals surface area contributed by atoms with Crippen molar-refractivity contribution in [2.75, 3.05) is 20.0 Å². The lowest BCUT2D eigenvalue weighted by molar-refractivity contribution is 0.0596. The summed E-state index contributed by atoms with van der Waals surface area (Å²) in [6.45, 7) is 0. The van der Waals surface area contributed by atoms with Crippen molar-refractivity contribution >= 4 is 34.0 Å². The summed E-state index contributed by atoms with van der Waals surface area (Å²) in [5.74, 6) is 0.0254. The second-order valence-electron chi connectivity index (χ2n) is 3.57. The van der Waals surface area contributed by atoms with E-state index in [0.29, 0.717) is 20.8 Å². The number of methoxy groups -OCH3 is 2. The van der Waals surface area contributed by atoms with Crippen LogP contribution in [0.5, 0.6) is 5.75 Å². The number of ether oxygens (including phenoxy) is 2. The maximum Gasteiger partial charge on any atom is 0.358 e. The molecule has 0 fully saturated rings. The molecular formula is C12H11ClN2O3S. The Morgan fingerprint density at radius 1 is 1.42 bits per heavy atom. The third kappa shape index (κ3) is 2.64. The molecule has 0 aliphatic rings. The number of benzene rings is 1. The summed E-state index contributed by atoms with van der Waals surface area (Å²) in [6, 6.07) is 5.19. The number of thiazole rings is 1. The maximum absolute atomic E-state index is 11.6. The zero-order valence-corrected chi connectivity index (χ0v) is 11.8. The molecule has 7 heteroatoms. The molecule has 19 heavy (non-hydrogen) atoms. The Hall–Kier alpha value is -1.79. The summed E-state index contributed by atoms with van der Waals surface area (Å²) in [5.41, 5.74) is 6.57. The Balaban J connectivity index is 2.52. The number of nitrogens with zero attached hydrogens (tertiary/aromatic N) is 1. The van der Waals surface area contributed by atoms with Crippen LogP contribution in [0.1, 0.15) is 10.5 Å². The van der Waals surface area contributed by atoms with Gasteiger partial charge in [-0.3, -0.25) is 0 Å². The highest BCUT2D eigenvalue weighted by atomic mass is 35.5. The second kappa shape index (κ2) is 5.46. The van der Waals surface area contributed by atoms with Crippen LogP contribution in [-0.4, -0.2) is 25.2 Å². The zero-order chi connectivity index (χ0) is 14.0. The first-order chi connectivity index (χ1) is 9.06. The molecule has 1 aromatic heterocycles. The van der Waals surface area contributed by atoms with E-state index >= 15 is 0 Å². The minimum Gasteiger partial charge on any atom is -0.495 e. The molecule has 5 nitrogen and oxygen atoms in total. The molecule has 0 saturated heterocycles. The van der Waals surface area contributed by atoms with Crippen LogP contribution in [0.2, 0.25) is 5.02 Å². The number of rotatable bonds is 3. The van der Waals surface area contributed by atoms with E-state index < -0.39 is 5.97 Å². The van der Waals surface area contributed by atoms with Crippen molar-refractivity contribution < 1.29 is 14.3 Å². The Bertz CT molecular complexity index is 627. The molecule has 1 heterocycles. The van der Waals surface area contributed by atoms with E-state index in [-0.39, 0.29) is 5.69 Å². The minimum absolute atomic E-state index is 0.186. The Labute approximate surface area is 118 Å². The molecule has 0 atom stereocenters. The second-order valence-corrected chi connectivity index (χ2v) is 5.01. The summed E-state index contributed by atoms with van der Waals surface area (Å²) in [5, 5.41) is 0.741. The lowest BCUT2D eigenvalue weighted by atomic mass is 10.1. The fourth-order valence-electron chi connectivity index (χ4n) is 1.57. The predicted molar refractivity (Wildman–Crippen MR) is 74.9 cm³/mol. The molecule has 2 rings (SSSR count). The zero-order valence-electron chi connectivity index (χ0n) is 10.3. The number of esters is 1.